The van der Waals surface area contributed by atoms with Crippen LogP contribution in [0.15, 0.2) is 4.34 Å². The first-order valence-corrected chi connectivity index (χ1v) is 6.59. The molecule has 0 atom stereocenters. The lowest BCUT2D eigenvalue weighted by molar-refractivity contribution is 0.250. The number of primary sulfonamides is 1. The number of aromatic nitrogens is 2. The van der Waals surface area contributed by atoms with Gasteiger partial charge in [-0.3, -0.25) is 5.32 Å². The molecule has 90 valence electrons. The summed E-state index contributed by atoms with van der Waals surface area (Å²) in [6.07, 6.45) is 0. The van der Waals surface area contributed by atoms with Crippen molar-refractivity contribution in [1.82, 2.24) is 15.5 Å². The Hall–Kier alpha value is -1.26. The molecule has 1 aromatic rings. The molecule has 8 nitrogen and oxygen atoms in total. The Balaban J connectivity index is 2.70. The quantitative estimate of drug-likeness (QED) is 0.647. The number of anilines is 1. The number of amides is 2. The smallest absolute Gasteiger partial charge is 0.321 e. The summed E-state index contributed by atoms with van der Waals surface area (Å²) in [6, 6.07) is -0.516. The number of carbonyl (C=O) groups excluding carboxylic acids is 1. The summed E-state index contributed by atoms with van der Waals surface area (Å²) in [7, 11) is -3.87. The molecule has 0 bridgehead atoms. The van der Waals surface area contributed by atoms with E-state index in [1.807, 2.05) is 0 Å². The SMILES string of the molecule is CC(C)NC(=O)Nc1nnc(S(N)(=O)=O)s1. The zero-order valence-electron chi connectivity index (χ0n) is 8.59. The van der Waals surface area contributed by atoms with Gasteiger partial charge in [0, 0.05) is 6.04 Å². The van der Waals surface area contributed by atoms with Crippen molar-refractivity contribution in [3.05, 3.63) is 0 Å². The van der Waals surface area contributed by atoms with E-state index >= 15 is 0 Å². The van der Waals surface area contributed by atoms with Crippen LogP contribution in [-0.2, 0) is 10.0 Å². The Labute approximate surface area is 96.3 Å². The van der Waals surface area contributed by atoms with Gasteiger partial charge in [0.1, 0.15) is 0 Å². The predicted molar refractivity (Wildman–Crippen MR) is 58.6 cm³/mol. The number of sulfonamides is 1. The molecule has 0 spiro atoms. The van der Waals surface area contributed by atoms with Gasteiger partial charge in [-0.15, -0.1) is 10.2 Å². The molecule has 1 aromatic heterocycles. The molecular weight excluding hydrogens is 254 g/mol. The molecule has 1 rings (SSSR count). The largest absolute Gasteiger partial charge is 0.336 e. The highest BCUT2D eigenvalue weighted by atomic mass is 32.2. The highest BCUT2D eigenvalue weighted by Gasteiger charge is 2.16. The highest BCUT2D eigenvalue weighted by molar-refractivity contribution is 7.91. The van der Waals surface area contributed by atoms with E-state index in [4.69, 9.17) is 5.14 Å². The number of hydrogen-bond donors (Lipinski definition) is 3. The topological polar surface area (TPSA) is 127 Å². The van der Waals surface area contributed by atoms with Crippen molar-refractivity contribution >= 4 is 32.5 Å². The van der Waals surface area contributed by atoms with Crippen LogP contribution in [0.1, 0.15) is 13.8 Å². The molecule has 0 aliphatic heterocycles. The molecule has 10 heteroatoms. The van der Waals surface area contributed by atoms with Gasteiger partial charge in [0.15, 0.2) is 0 Å². The minimum atomic E-state index is -3.87. The summed E-state index contributed by atoms with van der Waals surface area (Å²) in [6.45, 7) is 3.57. The van der Waals surface area contributed by atoms with Crippen LogP contribution < -0.4 is 15.8 Å². The first-order chi connectivity index (χ1) is 7.29. The number of carbonyl (C=O) groups is 1. The number of urea groups is 1. The third-order valence-electron chi connectivity index (χ3n) is 1.29. The Morgan fingerprint density at radius 3 is 2.50 bits per heavy atom. The van der Waals surface area contributed by atoms with Crippen molar-refractivity contribution in [2.24, 2.45) is 5.14 Å². The monoisotopic (exact) mass is 265 g/mol. The van der Waals surface area contributed by atoms with Crippen molar-refractivity contribution < 1.29 is 13.2 Å². The van der Waals surface area contributed by atoms with Crippen LogP contribution in [-0.4, -0.2) is 30.7 Å². The van der Waals surface area contributed by atoms with Crippen LogP contribution in [0.25, 0.3) is 0 Å². The van der Waals surface area contributed by atoms with Crippen molar-refractivity contribution in [2.45, 2.75) is 24.2 Å². The number of nitrogens with zero attached hydrogens (tertiary/aromatic N) is 2. The maximum absolute atomic E-state index is 11.2. The number of hydrogen-bond acceptors (Lipinski definition) is 6. The van der Waals surface area contributed by atoms with Crippen LogP contribution in [0.5, 0.6) is 0 Å². The Bertz CT molecular complexity index is 480. The van der Waals surface area contributed by atoms with Crippen LogP contribution in [0, 0.1) is 0 Å². The summed E-state index contributed by atoms with van der Waals surface area (Å²) >= 11 is 0.688. The zero-order chi connectivity index (χ0) is 12.3. The van der Waals surface area contributed by atoms with Crippen LogP contribution in [0.3, 0.4) is 0 Å². The summed E-state index contributed by atoms with van der Waals surface area (Å²) < 4.78 is 21.4. The highest BCUT2D eigenvalue weighted by Crippen LogP contribution is 2.18. The van der Waals surface area contributed by atoms with E-state index in [1.54, 1.807) is 13.8 Å². The van der Waals surface area contributed by atoms with Crippen LogP contribution in [0.4, 0.5) is 9.93 Å². The average molecular weight is 265 g/mol. The fourth-order valence-electron chi connectivity index (χ4n) is 0.771. The minimum Gasteiger partial charge on any atom is -0.336 e. The lowest BCUT2D eigenvalue weighted by Crippen LogP contribution is -2.34. The van der Waals surface area contributed by atoms with Gasteiger partial charge in [-0.05, 0) is 13.8 Å². The molecule has 0 fully saturated rings. The second kappa shape index (κ2) is 4.72. The molecule has 0 saturated carbocycles. The van der Waals surface area contributed by atoms with Crippen molar-refractivity contribution in [1.29, 1.82) is 0 Å². The lowest BCUT2D eigenvalue weighted by atomic mass is 10.4. The molecule has 2 amide bonds. The molecule has 0 radical (unpaired) electrons. The average Bonchev–Trinajstić information content (AvgIpc) is 2.49. The van der Waals surface area contributed by atoms with Gasteiger partial charge in [-0.1, -0.05) is 11.3 Å². The van der Waals surface area contributed by atoms with Crippen molar-refractivity contribution in [3.8, 4) is 0 Å². The van der Waals surface area contributed by atoms with E-state index in [0.29, 0.717) is 11.3 Å². The molecule has 0 unspecified atom stereocenters. The van der Waals surface area contributed by atoms with Crippen molar-refractivity contribution in [3.63, 3.8) is 0 Å². The van der Waals surface area contributed by atoms with Gasteiger partial charge in [-0.2, -0.15) is 0 Å². The fraction of sp³-hybridized carbons (Fsp3) is 0.500. The van der Waals surface area contributed by atoms with Gasteiger partial charge >= 0.3 is 6.03 Å². The van der Waals surface area contributed by atoms with Gasteiger partial charge in [0.05, 0.1) is 0 Å². The number of nitrogens with two attached hydrogens (primary N) is 1. The molecule has 0 saturated heterocycles. The summed E-state index contributed by atoms with van der Waals surface area (Å²) in [5.41, 5.74) is 0. The van der Waals surface area contributed by atoms with Crippen molar-refractivity contribution in [2.75, 3.05) is 5.32 Å². The zero-order valence-corrected chi connectivity index (χ0v) is 10.2. The van der Waals surface area contributed by atoms with E-state index in [0.717, 1.165) is 0 Å². The van der Waals surface area contributed by atoms with E-state index in [2.05, 4.69) is 20.8 Å². The lowest BCUT2D eigenvalue weighted by Gasteiger charge is -2.06. The standard InChI is InChI=1S/C6H11N5O3S2/c1-3(2)8-4(12)9-5-10-11-6(15-5)16(7,13)14/h3H,1-2H3,(H2,7,13,14)(H2,8,9,10,12). The van der Waals surface area contributed by atoms with E-state index in [1.165, 1.54) is 0 Å². The molecule has 4 N–H and O–H groups in total. The maximum Gasteiger partial charge on any atom is 0.321 e. The molecular formula is C6H11N5O3S2. The molecule has 0 aliphatic carbocycles. The first-order valence-electron chi connectivity index (χ1n) is 4.23. The van der Waals surface area contributed by atoms with E-state index in [-0.39, 0.29) is 15.5 Å². The molecule has 1 heterocycles. The second-order valence-electron chi connectivity index (χ2n) is 3.17. The normalized spacial score (nSPS) is 11.5. The number of rotatable bonds is 3. The summed E-state index contributed by atoms with van der Waals surface area (Å²) in [4.78, 5) is 11.2. The molecule has 0 aromatic carbocycles. The third kappa shape index (κ3) is 3.72. The second-order valence-corrected chi connectivity index (χ2v) is 5.88. The van der Waals surface area contributed by atoms with Gasteiger partial charge in [0.2, 0.25) is 9.47 Å². The van der Waals surface area contributed by atoms with Gasteiger partial charge in [-0.25, -0.2) is 18.4 Å². The summed E-state index contributed by atoms with van der Waals surface area (Å²) in [5.74, 6) is 0. The van der Waals surface area contributed by atoms with E-state index < -0.39 is 16.1 Å². The Kier molecular flexibility index (Phi) is 3.78. The van der Waals surface area contributed by atoms with E-state index in [9.17, 15) is 13.2 Å². The predicted octanol–water partition coefficient (Wildman–Crippen LogP) is -0.285. The van der Waals surface area contributed by atoms with Gasteiger partial charge in [0.25, 0.3) is 10.0 Å². The first kappa shape index (κ1) is 12.8. The molecule has 0 aliphatic rings. The maximum atomic E-state index is 11.2. The number of nitrogens with one attached hydrogen (secondary N) is 2. The van der Waals surface area contributed by atoms with Crippen LogP contribution in [0.2, 0.25) is 0 Å². The van der Waals surface area contributed by atoms with Gasteiger partial charge < -0.3 is 5.32 Å². The third-order valence-corrected chi connectivity index (χ3v) is 3.44. The van der Waals surface area contributed by atoms with Crippen LogP contribution >= 0.6 is 11.3 Å². The Morgan fingerprint density at radius 1 is 1.44 bits per heavy atom. The minimum absolute atomic E-state index is 0.0365. The molecule has 16 heavy (non-hydrogen) atoms. The Morgan fingerprint density at radius 2 is 2.06 bits per heavy atom. The summed E-state index contributed by atoms with van der Waals surface area (Å²) in [5, 5.41) is 16.6. The fourth-order valence-corrected chi connectivity index (χ4v) is 2.10.